The van der Waals surface area contributed by atoms with E-state index >= 15 is 0 Å². The van der Waals surface area contributed by atoms with E-state index in [1.165, 1.54) is 0 Å². The number of halogens is 2. The Hall–Kier alpha value is -2.44. The Kier molecular flexibility index (Phi) is 3.55. The molecule has 0 amide bonds. The van der Waals surface area contributed by atoms with Crippen molar-refractivity contribution in [2.24, 2.45) is 0 Å². The van der Waals surface area contributed by atoms with Gasteiger partial charge in [0.2, 0.25) is 0 Å². The molecule has 21 heavy (non-hydrogen) atoms. The Labute approximate surface area is 121 Å². The topological polar surface area (TPSA) is 58.3 Å². The summed E-state index contributed by atoms with van der Waals surface area (Å²) in [6.45, 7) is 2.45. The lowest BCUT2D eigenvalue weighted by Crippen LogP contribution is -2.47. The molecule has 0 aromatic carbocycles. The number of nitrogens with zero attached hydrogens (tertiary/aromatic N) is 4. The lowest BCUT2D eigenvalue weighted by atomic mass is 10.2. The van der Waals surface area contributed by atoms with Crippen molar-refractivity contribution in [1.82, 2.24) is 9.97 Å². The van der Waals surface area contributed by atoms with Gasteiger partial charge in [-0.2, -0.15) is 0 Å². The molecule has 0 aliphatic carbocycles. The summed E-state index contributed by atoms with van der Waals surface area (Å²) in [5.41, 5.74) is 6.53. The van der Waals surface area contributed by atoms with E-state index < -0.39 is 11.6 Å². The number of nitrogen functional groups attached to an aromatic ring is 1. The maximum Gasteiger partial charge on any atom is 0.168 e. The molecule has 0 unspecified atom stereocenters. The highest BCUT2D eigenvalue weighted by Gasteiger charge is 2.22. The van der Waals surface area contributed by atoms with Crippen molar-refractivity contribution in [2.45, 2.75) is 0 Å². The van der Waals surface area contributed by atoms with Crippen molar-refractivity contribution in [1.29, 1.82) is 0 Å². The molecule has 0 bridgehead atoms. The molecule has 2 N–H and O–H groups in total. The molecule has 110 valence electrons. The van der Waals surface area contributed by atoms with Gasteiger partial charge in [-0.15, -0.1) is 0 Å². The first-order valence-electron chi connectivity index (χ1n) is 6.66. The monoisotopic (exact) mass is 291 g/mol. The minimum Gasteiger partial charge on any atom is -0.396 e. The van der Waals surface area contributed by atoms with Crippen LogP contribution in [0.4, 0.5) is 26.1 Å². The van der Waals surface area contributed by atoms with Gasteiger partial charge in [-0.1, -0.05) is 0 Å². The maximum absolute atomic E-state index is 13.7. The number of nitrogens with two attached hydrogens (primary N) is 1. The Morgan fingerprint density at radius 2 is 1.67 bits per heavy atom. The summed E-state index contributed by atoms with van der Waals surface area (Å²) in [6.07, 6.45) is 2.72. The first-order valence-corrected chi connectivity index (χ1v) is 6.66. The minimum atomic E-state index is -0.670. The van der Waals surface area contributed by atoms with Gasteiger partial charge >= 0.3 is 0 Å². The van der Waals surface area contributed by atoms with Crippen molar-refractivity contribution in [2.75, 3.05) is 41.7 Å². The standard InChI is InChI=1S/C14H15F2N5/c15-10-8-11(16)13(19-9-10)20-4-6-21(7-5-20)14-12(17)2-1-3-18-14/h1-3,8-9H,4-7,17H2. The highest BCUT2D eigenvalue weighted by molar-refractivity contribution is 5.62. The molecule has 0 radical (unpaired) electrons. The number of hydrogen-bond donors (Lipinski definition) is 1. The Morgan fingerprint density at radius 1 is 1.00 bits per heavy atom. The molecule has 0 saturated carbocycles. The zero-order valence-corrected chi connectivity index (χ0v) is 11.3. The van der Waals surface area contributed by atoms with Crippen LogP contribution in [-0.4, -0.2) is 36.1 Å². The van der Waals surface area contributed by atoms with Crippen molar-refractivity contribution in [3.8, 4) is 0 Å². The van der Waals surface area contributed by atoms with Crippen LogP contribution < -0.4 is 15.5 Å². The van der Waals surface area contributed by atoms with Gasteiger partial charge in [0.1, 0.15) is 5.82 Å². The molecule has 3 heterocycles. The molecule has 1 fully saturated rings. The molecule has 0 spiro atoms. The second-order valence-electron chi connectivity index (χ2n) is 4.85. The fourth-order valence-corrected chi connectivity index (χ4v) is 2.44. The van der Waals surface area contributed by atoms with Crippen LogP contribution in [0.25, 0.3) is 0 Å². The molecule has 1 saturated heterocycles. The van der Waals surface area contributed by atoms with Crippen LogP contribution in [0.1, 0.15) is 0 Å². The SMILES string of the molecule is Nc1cccnc1N1CCN(c2ncc(F)cc2F)CC1. The summed E-state index contributed by atoms with van der Waals surface area (Å²) in [5.74, 6) is -0.383. The van der Waals surface area contributed by atoms with Crippen molar-refractivity contribution >= 4 is 17.3 Å². The highest BCUT2D eigenvalue weighted by Crippen LogP contribution is 2.23. The zero-order valence-electron chi connectivity index (χ0n) is 11.3. The lowest BCUT2D eigenvalue weighted by molar-refractivity contribution is 0.557. The van der Waals surface area contributed by atoms with Crippen LogP contribution >= 0.6 is 0 Å². The molecule has 1 aliphatic rings. The van der Waals surface area contributed by atoms with E-state index in [0.717, 1.165) is 18.1 Å². The second-order valence-corrected chi connectivity index (χ2v) is 4.85. The summed E-state index contributed by atoms with van der Waals surface area (Å²) < 4.78 is 26.6. The molecule has 0 atom stereocenters. The molecule has 5 nitrogen and oxygen atoms in total. The fourth-order valence-electron chi connectivity index (χ4n) is 2.44. The van der Waals surface area contributed by atoms with Gasteiger partial charge < -0.3 is 15.5 Å². The van der Waals surface area contributed by atoms with Gasteiger partial charge in [0, 0.05) is 38.4 Å². The third-order valence-electron chi connectivity index (χ3n) is 3.48. The average molecular weight is 291 g/mol. The van der Waals surface area contributed by atoms with Crippen LogP contribution in [0.2, 0.25) is 0 Å². The third kappa shape index (κ3) is 2.72. The van der Waals surface area contributed by atoms with Crippen molar-refractivity contribution < 1.29 is 8.78 Å². The summed E-state index contributed by atoms with van der Waals surface area (Å²) in [6, 6.07) is 4.44. The number of pyridine rings is 2. The molecular weight excluding hydrogens is 276 g/mol. The van der Waals surface area contributed by atoms with Gasteiger partial charge in [0.05, 0.1) is 11.9 Å². The number of rotatable bonds is 2. The summed E-state index contributed by atoms with van der Waals surface area (Å²) in [4.78, 5) is 12.0. The van der Waals surface area contributed by atoms with Crippen LogP contribution in [-0.2, 0) is 0 Å². The van der Waals surface area contributed by atoms with E-state index in [9.17, 15) is 8.78 Å². The molecule has 7 heteroatoms. The predicted molar refractivity (Wildman–Crippen MR) is 77.2 cm³/mol. The molecule has 2 aromatic heterocycles. The smallest absolute Gasteiger partial charge is 0.168 e. The van der Waals surface area contributed by atoms with Crippen molar-refractivity contribution in [3.63, 3.8) is 0 Å². The number of anilines is 3. The van der Waals surface area contributed by atoms with E-state index in [1.807, 2.05) is 4.90 Å². The molecule has 2 aromatic rings. The van der Waals surface area contributed by atoms with E-state index in [0.29, 0.717) is 31.9 Å². The zero-order chi connectivity index (χ0) is 14.8. The van der Waals surface area contributed by atoms with E-state index in [-0.39, 0.29) is 5.82 Å². The van der Waals surface area contributed by atoms with E-state index in [2.05, 4.69) is 9.97 Å². The van der Waals surface area contributed by atoms with Gasteiger partial charge in [-0.25, -0.2) is 18.7 Å². The Bertz CT molecular complexity index is 641. The van der Waals surface area contributed by atoms with Gasteiger partial charge in [0.15, 0.2) is 17.5 Å². The summed E-state index contributed by atoms with van der Waals surface area (Å²) in [7, 11) is 0. The highest BCUT2D eigenvalue weighted by atomic mass is 19.1. The molecule has 3 rings (SSSR count). The number of aromatic nitrogens is 2. The predicted octanol–water partition coefficient (Wildman–Crippen LogP) is 1.66. The quantitative estimate of drug-likeness (QED) is 0.912. The second kappa shape index (κ2) is 5.51. The fraction of sp³-hybridized carbons (Fsp3) is 0.286. The molecule has 1 aliphatic heterocycles. The van der Waals surface area contributed by atoms with Gasteiger partial charge in [-0.3, -0.25) is 0 Å². The number of hydrogen-bond acceptors (Lipinski definition) is 5. The van der Waals surface area contributed by atoms with Crippen LogP contribution in [0.15, 0.2) is 30.6 Å². The first-order chi connectivity index (χ1) is 10.1. The number of piperazine rings is 1. The van der Waals surface area contributed by atoms with Crippen LogP contribution in [0, 0.1) is 11.6 Å². The molecular formula is C14H15F2N5. The summed E-state index contributed by atoms with van der Waals surface area (Å²) in [5, 5.41) is 0. The largest absolute Gasteiger partial charge is 0.396 e. The average Bonchev–Trinajstić information content (AvgIpc) is 2.48. The Balaban J connectivity index is 1.72. The maximum atomic E-state index is 13.7. The van der Waals surface area contributed by atoms with Gasteiger partial charge in [-0.05, 0) is 12.1 Å². The summed E-state index contributed by atoms with van der Waals surface area (Å²) >= 11 is 0. The Morgan fingerprint density at radius 3 is 2.29 bits per heavy atom. The van der Waals surface area contributed by atoms with Crippen LogP contribution in [0.5, 0.6) is 0 Å². The van der Waals surface area contributed by atoms with E-state index in [4.69, 9.17) is 5.73 Å². The normalized spacial score (nSPS) is 15.3. The van der Waals surface area contributed by atoms with Gasteiger partial charge in [0.25, 0.3) is 0 Å². The van der Waals surface area contributed by atoms with E-state index in [1.54, 1.807) is 23.2 Å². The third-order valence-corrected chi connectivity index (χ3v) is 3.48. The van der Waals surface area contributed by atoms with Crippen LogP contribution in [0.3, 0.4) is 0 Å². The lowest BCUT2D eigenvalue weighted by Gasteiger charge is -2.36. The minimum absolute atomic E-state index is 0.185. The van der Waals surface area contributed by atoms with Crippen molar-refractivity contribution in [3.05, 3.63) is 42.2 Å². The first kappa shape index (κ1) is 13.5.